The van der Waals surface area contributed by atoms with E-state index in [-0.39, 0.29) is 25.7 Å². The number of hydrogen-bond acceptors (Lipinski definition) is 15. The number of carbonyl (C=O) groups excluding carboxylic acids is 4. The van der Waals surface area contributed by atoms with Crippen molar-refractivity contribution in [3.8, 4) is 0 Å². The Labute approximate surface area is 619 Å². The van der Waals surface area contributed by atoms with Gasteiger partial charge in [-0.3, -0.25) is 37.3 Å². The molecule has 0 amide bonds. The Kier molecular flexibility index (Phi) is 74.8. The molecule has 0 aromatic heterocycles. The normalized spacial score (nSPS) is 13.8. The first-order chi connectivity index (χ1) is 49.2. The molecule has 0 aromatic rings. The van der Waals surface area contributed by atoms with Crippen LogP contribution in [0.2, 0.25) is 0 Å². The largest absolute Gasteiger partial charge is 0.472 e. The molecular weight excluding hydrogens is 1320 g/mol. The van der Waals surface area contributed by atoms with E-state index in [0.717, 1.165) is 89.9 Å². The fourth-order valence-corrected chi connectivity index (χ4v) is 14.4. The lowest BCUT2D eigenvalue weighted by atomic mass is 10.0. The molecular formula is C82H160O17P2. The SMILES string of the molecule is CCCCCCCCCCCCCCCCCCCCCCC(=O)O[C@H](COC(=O)CCCCCCCCCCCCCCCCCCCCC)COP(=O)(O)OC[C@@H](O)COP(=O)(O)OC[C@@H](COC(=O)CCCCCCCCCC)OC(=O)CCCCCCCCCCCCCCCC. The van der Waals surface area contributed by atoms with Gasteiger partial charge in [0.1, 0.15) is 19.3 Å². The number of hydrogen-bond donors (Lipinski definition) is 3. The van der Waals surface area contributed by atoms with Crippen molar-refractivity contribution in [2.24, 2.45) is 0 Å². The van der Waals surface area contributed by atoms with Crippen LogP contribution in [0.15, 0.2) is 0 Å². The first kappa shape index (κ1) is 99.1. The van der Waals surface area contributed by atoms with Crippen molar-refractivity contribution in [3.05, 3.63) is 0 Å². The summed E-state index contributed by atoms with van der Waals surface area (Å²) >= 11 is 0. The second-order valence-corrected chi connectivity index (χ2v) is 32.4. The van der Waals surface area contributed by atoms with Crippen molar-refractivity contribution in [3.63, 3.8) is 0 Å². The van der Waals surface area contributed by atoms with Crippen LogP contribution in [0, 0.1) is 0 Å². The van der Waals surface area contributed by atoms with Gasteiger partial charge in [0.25, 0.3) is 0 Å². The highest BCUT2D eigenvalue weighted by molar-refractivity contribution is 7.47. The van der Waals surface area contributed by atoms with Crippen LogP contribution >= 0.6 is 15.6 Å². The molecule has 3 N–H and O–H groups in total. The second kappa shape index (κ2) is 76.3. The fourth-order valence-electron chi connectivity index (χ4n) is 12.8. The molecule has 0 spiro atoms. The number of rotatable bonds is 83. The number of ether oxygens (including phenoxy) is 4. The maximum absolute atomic E-state index is 13.1. The average Bonchev–Trinajstić information content (AvgIpc) is 1.05. The molecule has 0 aromatic carbocycles. The van der Waals surface area contributed by atoms with Crippen LogP contribution in [0.4, 0.5) is 0 Å². The van der Waals surface area contributed by atoms with E-state index in [1.807, 2.05) is 0 Å². The number of phosphoric ester groups is 2. The van der Waals surface area contributed by atoms with Gasteiger partial charge in [-0.15, -0.1) is 0 Å². The Morgan fingerprint density at radius 2 is 0.396 bits per heavy atom. The molecule has 0 aliphatic rings. The number of phosphoric acid groups is 2. The first-order valence-corrected chi connectivity index (χ1v) is 45.8. The predicted octanol–water partition coefficient (Wildman–Crippen LogP) is 25.0. The van der Waals surface area contributed by atoms with Gasteiger partial charge in [0.2, 0.25) is 0 Å². The predicted molar refractivity (Wildman–Crippen MR) is 414 cm³/mol. The Balaban J connectivity index is 5.18. The zero-order chi connectivity index (χ0) is 73.9. The lowest BCUT2D eigenvalue weighted by Gasteiger charge is -2.21. The van der Waals surface area contributed by atoms with Crippen LogP contribution in [0.25, 0.3) is 0 Å². The van der Waals surface area contributed by atoms with Crippen molar-refractivity contribution in [1.29, 1.82) is 0 Å². The third-order valence-corrected chi connectivity index (χ3v) is 21.3. The van der Waals surface area contributed by atoms with Gasteiger partial charge in [-0.25, -0.2) is 9.13 Å². The summed E-state index contributed by atoms with van der Waals surface area (Å²) in [7, 11) is -9.91. The third-order valence-electron chi connectivity index (χ3n) is 19.4. The highest BCUT2D eigenvalue weighted by atomic mass is 31.2. The molecule has 0 saturated carbocycles. The second-order valence-electron chi connectivity index (χ2n) is 29.5. The zero-order valence-electron chi connectivity index (χ0n) is 65.9. The van der Waals surface area contributed by atoms with E-state index in [2.05, 4.69) is 27.7 Å². The van der Waals surface area contributed by atoms with Crippen LogP contribution in [0.1, 0.15) is 445 Å². The Morgan fingerprint density at radius 3 is 0.584 bits per heavy atom. The maximum Gasteiger partial charge on any atom is 0.472 e. The summed E-state index contributed by atoms with van der Waals surface area (Å²) in [6, 6.07) is 0. The Bertz CT molecular complexity index is 1910. The van der Waals surface area contributed by atoms with Crippen LogP contribution in [0.5, 0.6) is 0 Å². The van der Waals surface area contributed by atoms with Gasteiger partial charge in [0.05, 0.1) is 26.4 Å². The first-order valence-electron chi connectivity index (χ1n) is 42.8. The van der Waals surface area contributed by atoms with Crippen LogP contribution in [-0.2, 0) is 65.4 Å². The summed E-state index contributed by atoms with van der Waals surface area (Å²) < 4.78 is 68.7. The van der Waals surface area contributed by atoms with Gasteiger partial charge in [-0.1, -0.05) is 394 Å². The molecule has 19 heteroatoms. The zero-order valence-corrected chi connectivity index (χ0v) is 67.7. The summed E-state index contributed by atoms with van der Waals surface area (Å²) in [5.74, 6) is -2.11. The van der Waals surface area contributed by atoms with Crippen LogP contribution < -0.4 is 0 Å². The van der Waals surface area contributed by atoms with Gasteiger partial charge < -0.3 is 33.8 Å². The summed E-state index contributed by atoms with van der Waals surface area (Å²) in [6.07, 6.45) is 69.5. The van der Waals surface area contributed by atoms with Crippen molar-refractivity contribution in [2.45, 2.75) is 463 Å². The number of aliphatic hydroxyl groups is 1. The van der Waals surface area contributed by atoms with Crippen molar-refractivity contribution in [1.82, 2.24) is 0 Å². The molecule has 600 valence electrons. The summed E-state index contributed by atoms with van der Waals surface area (Å²) in [4.78, 5) is 73.0. The van der Waals surface area contributed by atoms with Gasteiger partial charge in [-0.2, -0.15) is 0 Å². The molecule has 0 rings (SSSR count). The van der Waals surface area contributed by atoms with E-state index in [0.29, 0.717) is 25.7 Å². The minimum absolute atomic E-state index is 0.108. The third kappa shape index (κ3) is 76.1. The highest BCUT2D eigenvalue weighted by Crippen LogP contribution is 2.45. The molecule has 0 fully saturated rings. The molecule has 0 radical (unpaired) electrons. The molecule has 0 aliphatic heterocycles. The minimum Gasteiger partial charge on any atom is -0.462 e. The lowest BCUT2D eigenvalue weighted by Crippen LogP contribution is -2.30. The Hall–Kier alpha value is -1.94. The fraction of sp³-hybridized carbons (Fsp3) is 0.951. The van der Waals surface area contributed by atoms with E-state index in [1.54, 1.807) is 0 Å². The highest BCUT2D eigenvalue weighted by Gasteiger charge is 2.30. The number of unbranched alkanes of at least 4 members (excludes halogenated alkanes) is 57. The number of aliphatic hydroxyl groups excluding tert-OH is 1. The monoisotopic (exact) mass is 1480 g/mol. The number of carbonyl (C=O) groups is 4. The molecule has 17 nitrogen and oxygen atoms in total. The minimum atomic E-state index is -4.96. The van der Waals surface area contributed by atoms with Gasteiger partial charge in [0.15, 0.2) is 12.2 Å². The summed E-state index contributed by atoms with van der Waals surface area (Å²) in [5.41, 5.74) is 0. The topological polar surface area (TPSA) is 237 Å². The van der Waals surface area contributed by atoms with Crippen molar-refractivity contribution >= 4 is 39.5 Å². The summed E-state index contributed by atoms with van der Waals surface area (Å²) in [6.45, 7) is 5.01. The quantitative estimate of drug-likeness (QED) is 0.0222. The molecule has 2 unspecified atom stereocenters. The van der Waals surface area contributed by atoms with E-state index >= 15 is 0 Å². The standard InChI is InChI=1S/C82H160O17P2/c1-5-9-13-17-21-25-28-31-34-36-38-40-42-44-47-50-53-57-61-65-69-82(87)99-78(73-93-80(85)67-63-59-55-51-48-46-43-41-39-37-35-32-29-26-22-18-14-10-6-2)75-97-101(90,91)95-71-76(83)70-94-100(88,89)96-74-77(72-92-79(84)66-62-58-54-24-20-16-12-8-4)98-81(86)68-64-60-56-52-49-45-33-30-27-23-19-15-11-7-3/h76-78,83H,5-75H2,1-4H3,(H,88,89)(H,90,91)/t76-,77+,78+/m0/s1. The lowest BCUT2D eigenvalue weighted by molar-refractivity contribution is -0.161. The van der Waals surface area contributed by atoms with Gasteiger partial charge in [-0.05, 0) is 25.7 Å². The smallest absolute Gasteiger partial charge is 0.462 e. The average molecular weight is 1480 g/mol. The Morgan fingerprint density at radius 1 is 0.238 bits per heavy atom. The maximum atomic E-state index is 13.1. The van der Waals surface area contributed by atoms with E-state index < -0.39 is 97.5 Å². The van der Waals surface area contributed by atoms with Gasteiger partial charge in [0, 0.05) is 25.7 Å². The molecule has 0 heterocycles. The molecule has 101 heavy (non-hydrogen) atoms. The van der Waals surface area contributed by atoms with Crippen molar-refractivity contribution in [2.75, 3.05) is 39.6 Å². The van der Waals surface area contributed by atoms with E-state index in [4.69, 9.17) is 37.0 Å². The molecule has 0 bridgehead atoms. The molecule has 5 atom stereocenters. The van der Waals surface area contributed by atoms with Crippen LogP contribution in [0.3, 0.4) is 0 Å². The van der Waals surface area contributed by atoms with E-state index in [9.17, 15) is 43.2 Å². The molecule has 0 aliphatic carbocycles. The van der Waals surface area contributed by atoms with E-state index in [1.165, 1.54) is 276 Å². The summed E-state index contributed by atoms with van der Waals surface area (Å²) in [5, 5.41) is 10.6. The van der Waals surface area contributed by atoms with Crippen molar-refractivity contribution < 1.29 is 80.2 Å². The molecule has 0 saturated heterocycles. The van der Waals surface area contributed by atoms with Crippen LogP contribution in [-0.4, -0.2) is 96.7 Å². The number of esters is 4. The van der Waals surface area contributed by atoms with Gasteiger partial charge >= 0.3 is 39.5 Å².